The van der Waals surface area contributed by atoms with Crippen LogP contribution in [0.5, 0.6) is 0 Å². The van der Waals surface area contributed by atoms with Crippen molar-refractivity contribution in [3.05, 3.63) is 18.6 Å². The van der Waals surface area contributed by atoms with E-state index in [0.717, 1.165) is 0 Å². The molecule has 0 aromatic carbocycles. The summed E-state index contributed by atoms with van der Waals surface area (Å²) in [4.78, 5) is 56.9. The van der Waals surface area contributed by atoms with Crippen LogP contribution in [0.15, 0.2) is 18.6 Å². The second-order valence-electron chi connectivity index (χ2n) is 9.30. The Morgan fingerprint density at radius 2 is 1.78 bits per heavy atom. The quantitative estimate of drug-likeness (QED) is 0.243. The third-order valence-electron chi connectivity index (χ3n) is 5.20. The average molecular weight is 520 g/mol. The van der Waals surface area contributed by atoms with Crippen LogP contribution in [0.4, 0.5) is 15.4 Å². The fourth-order valence-electron chi connectivity index (χ4n) is 3.48. The fourth-order valence-corrected chi connectivity index (χ4v) is 3.48. The molecule has 3 amide bonds. The van der Waals surface area contributed by atoms with Gasteiger partial charge in [-0.3, -0.25) is 9.36 Å². The molecule has 2 rings (SSSR count). The van der Waals surface area contributed by atoms with E-state index in [2.05, 4.69) is 31.2 Å². The van der Waals surface area contributed by atoms with E-state index in [1.807, 2.05) is 0 Å². The van der Waals surface area contributed by atoms with Crippen LogP contribution in [0.2, 0.25) is 0 Å². The molecule has 1 atom stereocenters. The van der Waals surface area contributed by atoms with Crippen LogP contribution in [0.3, 0.4) is 0 Å². The number of aromatic nitrogens is 3. The Hall–Kier alpha value is -3.90. The minimum absolute atomic E-state index is 0.118. The van der Waals surface area contributed by atoms with Gasteiger partial charge in [-0.25, -0.2) is 24.4 Å². The van der Waals surface area contributed by atoms with Gasteiger partial charge in [0.1, 0.15) is 23.8 Å². The number of amides is 3. The van der Waals surface area contributed by atoms with Gasteiger partial charge in [0.25, 0.3) is 0 Å². The van der Waals surface area contributed by atoms with Crippen molar-refractivity contribution in [3.8, 4) is 0 Å². The second-order valence-corrected chi connectivity index (χ2v) is 9.30. The monoisotopic (exact) mass is 519 g/mol. The Bertz CT molecular complexity index is 1080. The molecule has 2 aromatic rings. The maximum Gasteiger partial charge on any atom is 0.407 e. The summed E-state index contributed by atoms with van der Waals surface area (Å²) in [5.41, 5.74) is -0.105. The Labute approximate surface area is 216 Å². The maximum atomic E-state index is 12.5. The Kier molecular flexibility index (Phi) is 11.1. The number of alkyl carbamates (subject to hydrolysis) is 1. The van der Waals surface area contributed by atoms with Crippen molar-refractivity contribution >= 4 is 40.9 Å². The van der Waals surface area contributed by atoms with Gasteiger partial charge >= 0.3 is 18.1 Å². The third-order valence-corrected chi connectivity index (χ3v) is 5.20. The SMILES string of the molecule is CNc1ncnc2c1ccn2C(=O)NCCCC(=O)N[C@@H](CCCCNC(=O)OC(C)(C)C)C(=O)OC. The lowest BCUT2D eigenvalue weighted by molar-refractivity contribution is -0.145. The van der Waals surface area contributed by atoms with Crippen LogP contribution in [0.1, 0.15) is 52.9 Å². The summed E-state index contributed by atoms with van der Waals surface area (Å²) in [7, 11) is 3.00. The number of esters is 1. The molecule has 0 saturated heterocycles. The summed E-state index contributed by atoms with van der Waals surface area (Å²) >= 11 is 0. The molecular weight excluding hydrogens is 482 g/mol. The molecule has 2 heterocycles. The van der Waals surface area contributed by atoms with E-state index in [4.69, 9.17) is 9.47 Å². The van der Waals surface area contributed by atoms with Gasteiger partial charge in [-0.1, -0.05) is 0 Å². The summed E-state index contributed by atoms with van der Waals surface area (Å²) in [6.07, 6.45) is 4.51. The van der Waals surface area contributed by atoms with E-state index in [0.29, 0.717) is 49.1 Å². The summed E-state index contributed by atoms with van der Waals surface area (Å²) in [5, 5.41) is 11.8. The Morgan fingerprint density at radius 1 is 1.05 bits per heavy atom. The third kappa shape index (κ3) is 9.58. The number of nitrogens with one attached hydrogen (secondary N) is 4. The highest BCUT2D eigenvalue weighted by Gasteiger charge is 2.21. The second kappa shape index (κ2) is 14.0. The normalized spacial score (nSPS) is 11.9. The van der Waals surface area contributed by atoms with Crippen molar-refractivity contribution in [2.45, 2.75) is 64.5 Å². The van der Waals surface area contributed by atoms with Gasteiger partial charge in [0, 0.05) is 32.8 Å². The van der Waals surface area contributed by atoms with Gasteiger partial charge < -0.3 is 30.7 Å². The van der Waals surface area contributed by atoms with Crippen LogP contribution in [0.25, 0.3) is 11.0 Å². The number of unbranched alkanes of at least 4 members (excludes halogenated alkanes) is 1. The van der Waals surface area contributed by atoms with Gasteiger partial charge in [0.2, 0.25) is 5.91 Å². The van der Waals surface area contributed by atoms with Crippen LogP contribution < -0.4 is 21.3 Å². The van der Waals surface area contributed by atoms with Gasteiger partial charge in [0.15, 0.2) is 5.65 Å². The van der Waals surface area contributed by atoms with E-state index in [9.17, 15) is 19.2 Å². The summed E-state index contributed by atoms with van der Waals surface area (Å²) in [6.45, 7) is 5.99. The number of hydrogen-bond acceptors (Lipinski definition) is 9. The molecule has 0 aliphatic carbocycles. The first-order valence-corrected chi connectivity index (χ1v) is 12.2. The van der Waals surface area contributed by atoms with E-state index < -0.39 is 23.7 Å². The van der Waals surface area contributed by atoms with Crippen molar-refractivity contribution in [2.75, 3.05) is 32.6 Å². The zero-order chi connectivity index (χ0) is 27.4. The lowest BCUT2D eigenvalue weighted by Crippen LogP contribution is -2.41. The topological polar surface area (TPSA) is 166 Å². The van der Waals surface area contributed by atoms with E-state index in [1.165, 1.54) is 18.0 Å². The molecule has 0 bridgehead atoms. The molecule has 0 aliphatic heterocycles. The van der Waals surface area contributed by atoms with Crippen molar-refractivity contribution < 1.29 is 28.7 Å². The van der Waals surface area contributed by atoms with Crippen LogP contribution in [0, 0.1) is 0 Å². The molecule has 13 heteroatoms. The number of hydrogen-bond donors (Lipinski definition) is 4. The summed E-state index contributed by atoms with van der Waals surface area (Å²) in [5.74, 6) is -0.244. The average Bonchev–Trinajstić information content (AvgIpc) is 3.28. The van der Waals surface area contributed by atoms with Gasteiger partial charge in [0.05, 0.1) is 12.5 Å². The Morgan fingerprint density at radius 3 is 2.46 bits per heavy atom. The molecule has 0 saturated carbocycles. The van der Waals surface area contributed by atoms with Gasteiger partial charge in [-0.2, -0.15) is 0 Å². The highest BCUT2D eigenvalue weighted by molar-refractivity contribution is 5.94. The van der Waals surface area contributed by atoms with E-state index in [1.54, 1.807) is 40.1 Å². The molecule has 0 fully saturated rings. The largest absolute Gasteiger partial charge is 0.467 e. The van der Waals surface area contributed by atoms with Gasteiger partial charge in [-0.05, 0) is 52.5 Å². The van der Waals surface area contributed by atoms with E-state index in [-0.39, 0.29) is 24.9 Å². The molecule has 0 unspecified atom stereocenters. The van der Waals surface area contributed by atoms with Crippen molar-refractivity contribution in [3.63, 3.8) is 0 Å². The number of methoxy groups -OCH3 is 1. The van der Waals surface area contributed by atoms with Crippen LogP contribution in [-0.2, 0) is 19.1 Å². The van der Waals surface area contributed by atoms with Crippen molar-refractivity contribution in [2.24, 2.45) is 0 Å². The number of carbonyl (C=O) groups excluding carboxylic acids is 4. The number of rotatable bonds is 12. The predicted molar refractivity (Wildman–Crippen MR) is 137 cm³/mol. The molecule has 13 nitrogen and oxygen atoms in total. The molecule has 0 spiro atoms. The first-order chi connectivity index (χ1) is 17.6. The fraction of sp³-hybridized carbons (Fsp3) is 0.583. The molecule has 37 heavy (non-hydrogen) atoms. The molecular formula is C24H37N7O6. The lowest BCUT2D eigenvalue weighted by atomic mass is 10.1. The maximum absolute atomic E-state index is 12.5. The van der Waals surface area contributed by atoms with Gasteiger partial charge in [-0.15, -0.1) is 0 Å². The zero-order valence-electron chi connectivity index (χ0n) is 22.1. The summed E-state index contributed by atoms with van der Waals surface area (Å²) in [6, 6.07) is 0.582. The van der Waals surface area contributed by atoms with Crippen LogP contribution in [-0.4, -0.2) is 77.4 Å². The lowest BCUT2D eigenvalue weighted by Gasteiger charge is -2.20. The van der Waals surface area contributed by atoms with Crippen molar-refractivity contribution in [1.29, 1.82) is 0 Å². The zero-order valence-corrected chi connectivity index (χ0v) is 22.1. The number of carbonyl (C=O) groups is 4. The summed E-state index contributed by atoms with van der Waals surface area (Å²) < 4.78 is 11.3. The first kappa shape index (κ1) is 29.3. The molecule has 4 N–H and O–H groups in total. The van der Waals surface area contributed by atoms with E-state index >= 15 is 0 Å². The Balaban J connectivity index is 1.72. The highest BCUT2D eigenvalue weighted by atomic mass is 16.6. The van der Waals surface area contributed by atoms with Crippen molar-refractivity contribution in [1.82, 2.24) is 30.5 Å². The number of nitrogens with zero attached hydrogens (tertiary/aromatic N) is 3. The molecule has 204 valence electrons. The highest BCUT2D eigenvalue weighted by Crippen LogP contribution is 2.19. The predicted octanol–water partition coefficient (Wildman–Crippen LogP) is 2.16. The number of ether oxygens (including phenoxy) is 2. The number of fused-ring (bicyclic) bond motifs is 1. The standard InChI is InChI=1S/C24H37N7O6/c1-24(2,3)37-23(35)27-12-7-6-9-17(21(33)36-5)30-18(32)10-8-13-26-22(34)31-14-11-16-19(25-4)28-15-29-20(16)31/h11,14-15,17H,6-10,12-13H2,1-5H3,(H,26,34)(H,27,35)(H,30,32)(H,25,28,29)/t17-/m0/s1. The smallest absolute Gasteiger partial charge is 0.407 e. The molecule has 0 radical (unpaired) electrons. The minimum atomic E-state index is -0.791. The first-order valence-electron chi connectivity index (χ1n) is 12.2. The minimum Gasteiger partial charge on any atom is -0.467 e. The molecule has 0 aliphatic rings. The van der Waals surface area contributed by atoms with Crippen LogP contribution >= 0.6 is 0 Å². The number of anilines is 1. The molecule has 2 aromatic heterocycles.